The van der Waals surface area contributed by atoms with Gasteiger partial charge < -0.3 is 15.8 Å². The van der Waals surface area contributed by atoms with Gasteiger partial charge in [-0.1, -0.05) is 35.9 Å². The quantitative estimate of drug-likeness (QED) is 0.824. The van der Waals surface area contributed by atoms with Crippen molar-refractivity contribution in [3.05, 3.63) is 64.7 Å². The Labute approximate surface area is 135 Å². The Morgan fingerprint density at radius 3 is 2.64 bits per heavy atom. The molecule has 0 aliphatic heterocycles. The summed E-state index contributed by atoms with van der Waals surface area (Å²) in [5.74, 6) is 0.145. The third-order valence-corrected chi connectivity index (χ3v) is 3.50. The number of nitrogens with one attached hydrogen (secondary N) is 1. The van der Waals surface area contributed by atoms with E-state index in [4.69, 9.17) is 22.1 Å². The van der Waals surface area contributed by atoms with Crippen LogP contribution >= 0.6 is 11.6 Å². The standard InChI is InChI=1S/C17H19ClN2O2/c1-12(14-3-2-4-15(18)9-14)20-10-13-5-7-16(8-6-13)22-11-17(19)21/h2-9,12,20H,10-11H2,1H3,(H2,19,21). The van der Waals surface area contributed by atoms with Crippen LogP contribution in [-0.2, 0) is 11.3 Å². The minimum atomic E-state index is -0.485. The summed E-state index contributed by atoms with van der Waals surface area (Å²) in [4.78, 5) is 10.7. The SMILES string of the molecule is CC(NCc1ccc(OCC(N)=O)cc1)c1cccc(Cl)c1. The van der Waals surface area contributed by atoms with Gasteiger partial charge in [-0.15, -0.1) is 0 Å². The maximum Gasteiger partial charge on any atom is 0.255 e. The van der Waals surface area contributed by atoms with Crippen molar-refractivity contribution in [1.29, 1.82) is 0 Å². The summed E-state index contributed by atoms with van der Waals surface area (Å²) in [5, 5.41) is 4.18. The number of halogens is 1. The first kappa shape index (κ1) is 16.3. The molecule has 0 heterocycles. The molecule has 0 bridgehead atoms. The van der Waals surface area contributed by atoms with Crippen molar-refractivity contribution in [3.8, 4) is 5.75 Å². The van der Waals surface area contributed by atoms with E-state index in [-0.39, 0.29) is 12.6 Å². The molecule has 0 saturated carbocycles. The number of benzene rings is 2. The van der Waals surface area contributed by atoms with E-state index in [0.717, 1.165) is 22.7 Å². The fourth-order valence-corrected chi connectivity index (χ4v) is 2.22. The van der Waals surface area contributed by atoms with Crippen LogP contribution in [0, 0.1) is 0 Å². The summed E-state index contributed by atoms with van der Waals surface area (Å²) in [6.07, 6.45) is 0. The first-order valence-corrected chi connectivity index (χ1v) is 7.41. The van der Waals surface area contributed by atoms with Gasteiger partial charge in [0, 0.05) is 17.6 Å². The molecule has 3 N–H and O–H groups in total. The van der Waals surface area contributed by atoms with Crippen molar-refractivity contribution in [2.24, 2.45) is 5.73 Å². The van der Waals surface area contributed by atoms with Crippen LogP contribution in [0.4, 0.5) is 0 Å². The van der Waals surface area contributed by atoms with Gasteiger partial charge in [0.1, 0.15) is 5.75 Å². The predicted octanol–water partition coefficient (Wildman–Crippen LogP) is 3.05. The number of carbonyl (C=O) groups excluding carboxylic acids is 1. The summed E-state index contributed by atoms with van der Waals surface area (Å²) in [7, 11) is 0. The molecule has 1 amide bonds. The first-order valence-electron chi connectivity index (χ1n) is 7.03. The Balaban J connectivity index is 1.87. The maximum absolute atomic E-state index is 10.7. The highest BCUT2D eigenvalue weighted by atomic mass is 35.5. The van der Waals surface area contributed by atoms with Gasteiger partial charge in [-0.3, -0.25) is 4.79 Å². The van der Waals surface area contributed by atoms with Crippen LogP contribution < -0.4 is 15.8 Å². The van der Waals surface area contributed by atoms with Crippen LogP contribution in [0.1, 0.15) is 24.1 Å². The minimum absolute atomic E-state index is 0.108. The second-order valence-electron chi connectivity index (χ2n) is 5.06. The van der Waals surface area contributed by atoms with Gasteiger partial charge in [-0.25, -0.2) is 0 Å². The van der Waals surface area contributed by atoms with E-state index in [0.29, 0.717) is 5.75 Å². The van der Waals surface area contributed by atoms with Crippen LogP contribution in [0.25, 0.3) is 0 Å². The molecule has 0 aromatic heterocycles. The van der Waals surface area contributed by atoms with Crippen LogP contribution in [-0.4, -0.2) is 12.5 Å². The molecule has 2 aromatic carbocycles. The van der Waals surface area contributed by atoms with E-state index in [1.165, 1.54) is 0 Å². The molecule has 116 valence electrons. The Hall–Kier alpha value is -2.04. The van der Waals surface area contributed by atoms with E-state index in [9.17, 15) is 4.79 Å². The summed E-state index contributed by atoms with van der Waals surface area (Å²) in [6, 6.07) is 15.6. The molecule has 0 spiro atoms. The minimum Gasteiger partial charge on any atom is -0.484 e. The normalized spacial score (nSPS) is 11.9. The molecular formula is C17H19ClN2O2. The Kier molecular flexibility index (Phi) is 5.81. The summed E-state index contributed by atoms with van der Waals surface area (Å²) < 4.78 is 5.22. The molecule has 1 unspecified atom stereocenters. The second kappa shape index (κ2) is 7.82. The van der Waals surface area contributed by atoms with Crippen LogP contribution in [0.3, 0.4) is 0 Å². The van der Waals surface area contributed by atoms with Gasteiger partial charge >= 0.3 is 0 Å². The van der Waals surface area contributed by atoms with Crippen molar-refractivity contribution in [2.75, 3.05) is 6.61 Å². The van der Waals surface area contributed by atoms with E-state index in [1.807, 2.05) is 48.5 Å². The molecule has 0 fully saturated rings. The van der Waals surface area contributed by atoms with Gasteiger partial charge in [0.15, 0.2) is 6.61 Å². The van der Waals surface area contributed by atoms with Gasteiger partial charge in [0.2, 0.25) is 0 Å². The van der Waals surface area contributed by atoms with Gasteiger partial charge in [0.05, 0.1) is 0 Å². The van der Waals surface area contributed by atoms with Crippen molar-refractivity contribution < 1.29 is 9.53 Å². The predicted molar refractivity (Wildman–Crippen MR) is 87.8 cm³/mol. The molecule has 22 heavy (non-hydrogen) atoms. The first-order chi connectivity index (χ1) is 10.5. The number of hydrogen-bond acceptors (Lipinski definition) is 3. The number of rotatable bonds is 7. The highest BCUT2D eigenvalue weighted by Crippen LogP contribution is 2.18. The summed E-state index contributed by atoms with van der Waals surface area (Å²) in [5.41, 5.74) is 7.31. The monoisotopic (exact) mass is 318 g/mol. The topological polar surface area (TPSA) is 64.3 Å². The van der Waals surface area contributed by atoms with Gasteiger partial charge in [-0.05, 0) is 42.3 Å². The third-order valence-electron chi connectivity index (χ3n) is 3.27. The zero-order valence-corrected chi connectivity index (χ0v) is 13.1. The lowest BCUT2D eigenvalue weighted by Gasteiger charge is -2.15. The number of hydrogen-bond donors (Lipinski definition) is 2. The zero-order chi connectivity index (χ0) is 15.9. The zero-order valence-electron chi connectivity index (χ0n) is 12.4. The van der Waals surface area contributed by atoms with Gasteiger partial charge in [0.25, 0.3) is 5.91 Å². The second-order valence-corrected chi connectivity index (χ2v) is 5.49. The Morgan fingerprint density at radius 1 is 1.27 bits per heavy atom. The highest BCUT2D eigenvalue weighted by Gasteiger charge is 2.05. The molecular weight excluding hydrogens is 300 g/mol. The average molecular weight is 319 g/mol. The van der Waals surface area contributed by atoms with Gasteiger partial charge in [-0.2, -0.15) is 0 Å². The van der Waals surface area contributed by atoms with Crippen molar-refractivity contribution in [2.45, 2.75) is 19.5 Å². The lowest BCUT2D eigenvalue weighted by molar-refractivity contribution is -0.119. The van der Waals surface area contributed by atoms with E-state index >= 15 is 0 Å². The number of ether oxygens (including phenoxy) is 1. The Morgan fingerprint density at radius 2 is 2.00 bits per heavy atom. The third kappa shape index (κ3) is 5.06. The smallest absolute Gasteiger partial charge is 0.255 e. The molecule has 2 aromatic rings. The average Bonchev–Trinajstić information content (AvgIpc) is 2.51. The molecule has 0 aliphatic rings. The fourth-order valence-electron chi connectivity index (χ4n) is 2.02. The molecule has 5 heteroatoms. The number of amides is 1. The fraction of sp³-hybridized carbons (Fsp3) is 0.235. The molecule has 4 nitrogen and oxygen atoms in total. The van der Waals surface area contributed by atoms with Crippen LogP contribution in [0.15, 0.2) is 48.5 Å². The van der Waals surface area contributed by atoms with Crippen LogP contribution in [0.5, 0.6) is 5.75 Å². The maximum atomic E-state index is 10.7. The molecule has 0 aliphatic carbocycles. The summed E-state index contributed by atoms with van der Waals surface area (Å²) in [6.45, 7) is 2.71. The number of nitrogens with two attached hydrogens (primary N) is 1. The summed E-state index contributed by atoms with van der Waals surface area (Å²) >= 11 is 6.00. The molecule has 0 saturated heterocycles. The number of carbonyl (C=O) groups is 1. The van der Waals surface area contributed by atoms with Crippen molar-refractivity contribution in [3.63, 3.8) is 0 Å². The highest BCUT2D eigenvalue weighted by molar-refractivity contribution is 6.30. The largest absolute Gasteiger partial charge is 0.484 e. The molecule has 1 atom stereocenters. The number of primary amides is 1. The van der Waals surface area contributed by atoms with E-state index < -0.39 is 5.91 Å². The molecule has 0 radical (unpaired) electrons. The van der Waals surface area contributed by atoms with E-state index in [2.05, 4.69) is 12.2 Å². The lowest BCUT2D eigenvalue weighted by atomic mass is 10.1. The van der Waals surface area contributed by atoms with Crippen molar-refractivity contribution in [1.82, 2.24) is 5.32 Å². The van der Waals surface area contributed by atoms with E-state index in [1.54, 1.807) is 0 Å². The molecule has 2 rings (SSSR count). The lowest BCUT2D eigenvalue weighted by Crippen LogP contribution is -2.20. The Bertz CT molecular complexity index is 629. The van der Waals surface area contributed by atoms with Crippen LogP contribution in [0.2, 0.25) is 5.02 Å². The van der Waals surface area contributed by atoms with Crippen molar-refractivity contribution >= 4 is 17.5 Å².